The number of anilines is 3. The highest BCUT2D eigenvalue weighted by Gasteiger charge is 2.20. The van der Waals surface area contributed by atoms with Crippen molar-refractivity contribution in [3.63, 3.8) is 0 Å². The molecule has 0 saturated heterocycles. The maximum absolute atomic E-state index is 6.71. The van der Waals surface area contributed by atoms with E-state index in [1.807, 2.05) is 0 Å². The van der Waals surface area contributed by atoms with Gasteiger partial charge in [0.2, 0.25) is 0 Å². The lowest BCUT2D eigenvalue weighted by molar-refractivity contribution is 0.669. The number of benzene rings is 8. The minimum atomic E-state index is 0.872. The van der Waals surface area contributed by atoms with Gasteiger partial charge in [-0.2, -0.15) is 0 Å². The van der Waals surface area contributed by atoms with Crippen LogP contribution in [-0.4, -0.2) is 0 Å². The number of hydrogen-bond donors (Lipinski definition) is 0. The van der Waals surface area contributed by atoms with E-state index in [4.69, 9.17) is 4.42 Å². The molecule has 1 aromatic heterocycles. The number of furan rings is 1. The maximum atomic E-state index is 6.71. The molecule has 0 aliphatic rings. The van der Waals surface area contributed by atoms with Gasteiger partial charge in [-0.3, -0.25) is 0 Å². The second-order valence-corrected chi connectivity index (χ2v) is 12.2. The van der Waals surface area contributed by atoms with E-state index in [1.54, 1.807) is 0 Å². The van der Waals surface area contributed by atoms with Gasteiger partial charge in [0.25, 0.3) is 0 Å². The van der Waals surface area contributed by atoms with Crippen molar-refractivity contribution in [3.8, 4) is 33.4 Å². The highest BCUT2D eigenvalue weighted by Crippen LogP contribution is 2.44. The third-order valence-corrected chi connectivity index (χ3v) is 9.29. The molecule has 0 unspecified atom stereocenters. The Hall–Kier alpha value is -6.38. The first kappa shape index (κ1) is 27.9. The molecule has 0 bridgehead atoms. The van der Waals surface area contributed by atoms with Crippen LogP contribution in [0.1, 0.15) is 0 Å². The molecule has 2 heteroatoms. The van der Waals surface area contributed by atoms with E-state index in [1.165, 1.54) is 44.2 Å². The molecule has 0 aliphatic heterocycles. The minimum absolute atomic E-state index is 0.872. The summed E-state index contributed by atoms with van der Waals surface area (Å²) < 4.78 is 6.71. The minimum Gasteiger partial charge on any atom is -0.454 e. The number of nitrogens with zero attached hydrogens (tertiary/aromatic N) is 1. The predicted molar refractivity (Wildman–Crippen MR) is 202 cm³/mol. The van der Waals surface area contributed by atoms with Crippen LogP contribution in [0.15, 0.2) is 192 Å². The van der Waals surface area contributed by atoms with Gasteiger partial charge in [-0.05, 0) is 80.6 Å². The summed E-state index contributed by atoms with van der Waals surface area (Å²) in [7, 11) is 0. The van der Waals surface area contributed by atoms with Crippen LogP contribution in [-0.2, 0) is 0 Å². The standard InChI is InChI=1S/C46H31NO/c1-3-10-32(11-4-1)34-18-20-35(21-19-34)37-24-29-40(30-25-37)47(39-27-22-36(23-28-39)33-12-5-2-6-13-33)43-17-9-16-42-45-41-15-8-7-14-38(41)26-31-44(45)48-46(42)43/h1-31H. The Morgan fingerprint density at radius 3 is 1.35 bits per heavy atom. The van der Waals surface area contributed by atoms with Gasteiger partial charge < -0.3 is 9.32 Å². The molecule has 0 N–H and O–H groups in total. The third-order valence-electron chi connectivity index (χ3n) is 9.29. The molecule has 1 heterocycles. The summed E-state index contributed by atoms with van der Waals surface area (Å²) >= 11 is 0. The molecular weight excluding hydrogens is 583 g/mol. The summed E-state index contributed by atoms with van der Waals surface area (Å²) in [6, 6.07) is 66.7. The molecule has 8 aromatic carbocycles. The molecule has 0 amide bonds. The number of fused-ring (bicyclic) bond motifs is 5. The zero-order valence-electron chi connectivity index (χ0n) is 26.3. The van der Waals surface area contributed by atoms with Gasteiger partial charge in [0.05, 0.1) is 5.69 Å². The van der Waals surface area contributed by atoms with Crippen LogP contribution >= 0.6 is 0 Å². The molecule has 2 nitrogen and oxygen atoms in total. The van der Waals surface area contributed by atoms with Crippen molar-refractivity contribution >= 4 is 49.8 Å². The number of rotatable bonds is 6. The molecule has 0 atom stereocenters. The van der Waals surface area contributed by atoms with Crippen LogP contribution in [0.2, 0.25) is 0 Å². The fourth-order valence-electron chi connectivity index (χ4n) is 6.88. The van der Waals surface area contributed by atoms with Crippen LogP contribution in [0.25, 0.3) is 66.1 Å². The zero-order valence-corrected chi connectivity index (χ0v) is 26.3. The Kier molecular flexibility index (Phi) is 6.84. The van der Waals surface area contributed by atoms with Crippen LogP contribution in [0.3, 0.4) is 0 Å². The molecule has 226 valence electrons. The lowest BCUT2D eigenvalue weighted by Crippen LogP contribution is -2.10. The molecule has 0 saturated carbocycles. The van der Waals surface area contributed by atoms with Crippen molar-refractivity contribution in [3.05, 3.63) is 188 Å². The lowest BCUT2D eigenvalue weighted by Gasteiger charge is -2.26. The first-order valence-corrected chi connectivity index (χ1v) is 16.3. The second kappa shape index (κ2) is 11.8. The van der Waals surface area contributed by atoms with Gasteiger partial charge in [-0.1, -0.05) is 152 Å². The third kappa shape index (κ3) is 4.92. The van der Waals surface area contributed by atoms with Crippen molar-refractivity contribution in [2.75, 3.05) is 4.90 Å². The molecule has 0 spiro atoms. The topological polar surface area (TPSA) is 16.4 Å². The SMILES string of the molecule is c1ccc(-c2ccc(-c3ccc(N(c4ccc(-c5ccccc5)cc4)c4cccc5c4oc4ccc6ccccc6c45)cc3)cc2)cc1. The van der Waals surface area contributed by atoms with Gasteiger partial charge in [0.15, 0.2) is 5.58 Å². The zero-order chi connectivity index (χ0) is 31.9. The Labute approximate surface area is 279 Å². The first-order chi connectivity index (χ1) is 23.8. The summed E-state index contributed by atoms with van der Waals surface area (Å²) in [4.78, 5) is 2.31. The molecule has 48 heavy (non-hydrogen) atoms. The van der Waals surface area contributed by atoms with E-state index in [9.17, 15) is 0 Å². The smallest absolute Gasteiger partial charge is 0.159 e. The normalized spacial score (nSPS) is 11.3. The van der Waals surface area contributed by atoms with E-state index in [2.05, 4.69) is 193 Å². The molecule has 0 radical (unpaired) electrons. The van der Waals surface area contributed by atoms with Crippen LogP contribution in [0.5, 0.6) is 0 Å². The molecular formula is C46H31NO. The van der Waals surface area contributed by atoms with E-state index in [0.29, 0.717) is 0 Å². The monoisotopic (exact) mass is 613 g/mol. The molecule has 0 aliphatic carbocycles. The lowest BCUT2D eigenvalue weighted by atomic mass is 10.00. The average molecular weight is 614 g/mol. The van der Waals surface area contributed by atoms with Crippen molar-refractivity contribution in [2.45, 2.75) is 0 Å². The van der Waals surface area contributed by atoms with Crippen LogP contribution in [0.4, 0.5) is 17.1 Å². The second-order valence-electron chi connectivity index (χ2n) is 12.2. The van der Waals surface area contributed by atoms with Gasteiger partial charge in [-0.25, -0.2) is 0 Å². The van der Waals surface area contributed by atoms with Gasteiger partial charge in [0.1, 0.15) is 5.58 Å². The highest BCUT2D eigenvalue weighted by molar-refractivity contribution is 6.20. The van der Waals surface area contributed by atoms with E-state index < -0.39 is 0 Å². The highest BCUT2D eigenvalue weighted by atomic mass is 16.3. The number of hydrogen-bond acceptors (Lipinski definition) is 2. The van der Waals surface area contributed by atoms with Crippen molar-refractivity contribution in [1.82, 2.24) is 0 Å². The average Bonchev–Trinajstić information content (AvgIpc) is 3.57. The Morgan fingerprint density at radius 1 is 0.333 bits per heavy atom. The maximum Gasteiger partial charge on any atom is 0.159 e. The van der Waals surface area contributed by atoms with Crippen molar-refractivity contribution in [2.24, 2.45) is 0 Å². The van der Waals surface area contributed by atoms with Gasteiger partial charge in [0, 0.05) is 22.1 Å². The summed E-state index contributed by atoms with van der Waals surface area (Å²) in [5.74, 6) is 0. The Bertz CT molecular complexity index is 2510. The van der Waals surface area contributed by atoms with Crippen LogP contribution in [0, 0.1) is 0 Å². The summed E-state index contributed by atoms with van der Waals surface area (Å²) in [6.07, 6.45) is 0. The van der Waals surface area contributed by atoms with Crippen LogP contribution < -0.4 is 4.90 Å². The predicted octanol–water partition coefficient (Wildman–Crippen LogP) is 13.2. The van der Waals surface area contributed by atoms with Gasteiger partial charge in [-0.15, -0.1) is 0 Å². The van der Waals surface area contributed by atoms with E-state index in [-0.39, 0.29) is 0 Å². The molecule has 0 fully saturated rings. The van der Waals surface area contributed by atoms with Crippen molar-refractivity contribution in [1.29, 1.82) is 0 Å². The van der Waals surface area contributed by atoms with Gasteiger partial charge >= 0.3 is 0 Å². The van der Waals surface area contributed by atoms with E-state index >= 15 is 0 Å². The number of para-hydroxylation sites is 1. The first-order valence-electron chi connectivity index (χ1n) is 16.3. The molecule has 9 rings (SSSR count). The molecule has 9 aromatic rings. The largest absolute Gasteiger partial charge is 0.454 e. The quantitative estimate of drug-likeness (QED) is 0.185. The fraction of sp³-hybridized carbons (Fsp3) is 0. The summed E-state index contributed by atoms with van der Waals surface area (Å²) in [5, 5.41) is 4.67. The van der Waals surface area contributed by atoms with Crippen molar-refractivity contribution < 1.29 is 4.42 Å². The summed E-state index contributed by atoms with van der Waals surface area (Å²) in [6.45, 7) is 0. The Morgan fingerprint density at radius 2 is 0.792 bits per heavy atom. The Balaban J connectivity index is 1.16. The fourth-order valence-corrected chi connectivity index (χ4v) is 6.88. The van der Waals surface area contributed by atoms with E-state index in [0.717, 1.165) is 39.0 Å². The summed E-state index contributed by atoms with van der Waals surface area (Å²) in [5.41, 5.74) is 12.1.